The molecule has 0 spiro atoms. The molecule has 5 rings (SSSR count). The quantitative estimate of drug-likeness (QED) is 0.697. The van der Waals surface area contributed by atoms with Gasteiger partial charge in [0, 0.05) is 26.2 Å². The Kier molecular flexibility index (Phi) is 3.99. The lowest BCUT2D eigenvalue weighted by Crippen LogP contribution is -2.46. The largest absolute Gasteiger partial charge is 0.354 e. The second kappa shape index (κ2) is 6.64. The SMILES string of the molecule is O=C(C1CCCN(c2ccc3nncn3n2)C1)N1CCc2ccccc2C1. The van der Waals surface area contributed by atoms with E-state index in [0.29, 0.717) is 0 Å². The third-order valence-corrected chi connectivity index (χ3v) is 5.68. The van der Waals surface area contributed by atoms with Crippen LogP contribution in [-0.2, 0) is 17.8 Å². The van der Waals surface area contributed by atoms with Crippen LogP contribution in [0.5, 0.6) is 0 Å². The zero-order valence-electron chi connectivity index (χ0n) is 15.2. The lowest BCUT2D eigenvalue weighted by atomic mass is 9.94. The third-order valence-electron chi connectivity index (χ3n) is 5.68. The molecule has 4 heterocycles. The van der Waals surface area contributed by atoms with Crippen LogP contribution in [0.4, 0.5) is 5.82 Å². The molecule has 2 aliphatic rings. The summed E-state index contributed by atoms with van der Waals surface area (Å²) in [6, 6.07) is 12.3. The summed E-state index contributed by atoms with van der Waals surface area (Å²) in [4.78, 5) is 17.4. The van der Waals surface area contributed by atoms with Gasteiger partial charge in [-0.05, 0) is 42.5 Å². The highest BCUT2D eigenvalue weighted by Gasteiger charge is 2.31. The number of benzene rings is 1. The smallest absolute Gasteiger partial charge is 0.227 e. The Morgan fingerprint density at radius 3 is 2.89 bits per heavy atom. The molecule has 1 amide bonds. The van der Waals surface area contributed by atoms with E-state index in [9.17, 15) is 4.79 Å². The molecule has 0 bridgehead atoms. The van der Waals surface area contributed by atoms with Crippen molar-refractivity contribution in [2.75, 3.05) is 24.5 Å². The number of hydrogen-bond donors (Lipinski definition) is 0. The number of fused-ring (bicyclic) bond motifs is 2. The molecule has 138 valence electrons. The van der Waals surface area contributed by atoms with E-state index >= 15 is 0 Å². The van der Waals surface area contributed by atoms with Crippen molar-refractivity contribution in [2.24, 2.45) is 5.92 Å². The van der Waals surface area contributed by atoms with Crippen LogP contribution in [0.25, 0.3) is 5.65 Å². The van der Waals surface area contributed by atoms with Gasteiger partial charge in [0.2, 0.25) is 5.91 Å². The highest BCUT2D eigenvalue weighted by molar-refractivity contribution is 5.80. The topological polar surface area (TPSA) is 66.6 Å². The molecular weight excluding hydrogens is 340 g/mol. The molecule has 2 aliphatic heterocycles. The number of amides is 1. The van der Waals surface area contributed by atoms with Gasteiger partial charge in [0.25, 0.3) is 0 Å². The van der Waals surface area contributed by atoms with E-state index in [2.05, 4.69) is 44.5 Å². The van der Waals surface area contributed by atoms with Gasteiger partial charge in [-0.1, -0.05) is 24.3 Å². The maximum absolute atomic E-state index is 13.2. The summed E-state index contributed by atoms with van der Waals surface area (Å²) < 4.78 is 1.68. The number of aromatic nitrogens is 4. The highest BCUT2D eigenvalue weighted by atomic mass is 16.2. The fourth-order valence-corrected chi connectivity index (χ4v) is 4.22. The number of rotatable bonds is 2. The fourth-order valence-electron chi connectivity index (χ4n) is 4.22. The van der Waals surface area contributed by atoms with Crippen LogP contribution in [0.3, 0.4) is 0 Å². The van der Waals surface area contributed by atoms with Gasteiger partial charge < -0.3 is 9.80 Å². The Bertz CT molecular complexity index is 983. The standard InChI is InChI=1S/C20H22N6O/c27-20(25-11-9-15-4-1-2-5-16(15)12-25)17-6-3-10-24(13-17)19-8-7-18-22-21-14-26(18)23-19/h1-2,4-5,7-8,14,17H,3,6,9-13H2. The van der Waals surface area contributed by atoms with Gasteiger partial charge in [0.05, 0.1) is 5.92 Å². The van der Waals surface area contributed by atoms with Crippen molar-refractivity contribution < 1.29 is 4.79 Å². The second-order valence-electron chi connectivity index (χ2n) is 7.39. The van der Waals surface area contributed by atoms with E-state index in [1.165, 1.54) is 11.1 Å². The van der Waals surface area contributed by atoms with Gasteiger partial charge in [0.15, 0.2) is 5.65 Å². The molecular formula is C20H22N6O. The number of hydrogen-bond acceptors (Lipinski definition) is 5. The molecule has 2 aromatic heterocycles. The van der Waals surface area contributed by atoms with Crippen molar-refractivity contribution in [1.29, 1.82) is 0 Å². The summed E-state index contributed by atoms with van der Waals surface area (Å²) in [5.41, 5.74) is 3.39. The lowest BCUT2D eigenvalue weighted by molar-refractivity contribution is -0.136. The highest BCUT2D eigenvalue weighted by Crippen LogP contribution is 2.26. The van der Waals surface area contributed by atoms with Gasteiger partial charge in [-0.2, -0.15) is 4.52 Å². The van der Waals surface area contributed by atoms with Gasteiger partial charge in [-0.25, -0.2) is 0 Å². The Balaban J connectivity index is 1.31. The minimum absolute atomic E-state index is 0.0300. The van der Waals surface area contributed by atoms with Gasteiger partial charge in [-0.15, -0.1) is 15.3 Å². The predicted molar refractivity (Wildman–Crippen MR) is 101 cm³/mol. The molecule has 7 nitrogen and oxygen atoms in total. The van der Waals surface area contributed by atoms with Crippen molar-refractivity contribution in [3.05, 3.63) is 53.9 Å². The molecule has 1 atom stereocenters. The number of carbonyl (C=O) groups is 1. The Hall–Kier alpha value is -2.96. The Morgan fingerprint density at radius 1 is 1.07 bits per heavy atom. The number of anilines is 1. The maximum Gasteiger partial charge on any atom is 0.227 e. The average molecular weight is 362 g/mol. The minimum Gasteiger partial charge on any atom is -0.354 e. The lowest BCUT2D eigenvalue weighted by Gasteiger charge is -2.37. The molecule has 0 aliphatic carbocycles. The van der Waals surface area contributed by atoms with Crippen LogP contribution < -0.4 is 4.90 Å². The summed E-state index contributed by atoms with van der Waals surface area (Å²) in [7, 11) is 0. The van der Waals surface area contributed by atoms with Crippen molar-refractivity contribution in [3.63, 3.8) is 0 Å². The number of carbonyl (C=O) groups excluding carboxylic acids is 1. The normalized spacial score (nSPS) is 19.9. The molecule has 1 aromatic carbocycles. The molecule has 0 radical (unpaired) electrons. The molecule has 3 aromatic rings. The maximum atomic E-state index is 13.2. The van der Waals surface area contributed by atoms with Crippen LogP contribution in [0.15, 0.2) is 42.7 Å². The number of piperidine rings is 1. The summed E-state index contributed by atoms with van der Waals surface area (Å²) in [5.74, 6) is 1.19. The molecule has 1 unspecified atom stereocenters. The summed E-state index contributed by atoms with van der Waals surface area (Å²) in [6.07, 6.45) is 4.51. The number of nitrogens with zero attached hydrogens (tertiary/aromatic N) is 6. The molecule has 0 N–H and O–H groups in total. The van der Waals surface area contributed by atoms with E-state index in [-0.39, 0.29) is 11.8 Å². The van der Waals surface area contributed by atoms with E-state index in [4.69, 9.17) is 0 Å². The van der Waals surface area contributed by atoms with Gasteiger partial charge in [0.1, 0.15) is 12.1 Å². The average Bonchev–Trinajstić information content (AvgIpc) is 3.21. The van der Waals surface area contributed by atoms with E-state index in [1.807, 2.05) is 17.0 Å². The van der Waals surface area contributed by atoms with Gasteiger partial charge in [-0.3, -0.25) is 4.79 Å². The zero-order valence-corrected chi connectivity index (χ0v) is 15.2. The van der Waals surface area contributed by atoms with Crippen LogP contribution in [-0.4, -0.2) is 50.3 Å². The second-order valence-corrected chi connectivity index (χ2v) is 7.39. The first-order chi connectivity index (χ1) is 13.3. The Morgan fingerprint density at radius 2 is 1.96 bits per heavy atom. The monoisotopic (exact) mass is 362 g/mol. The molecule has 1 saturated heterocycles. The molecule has 1 fully saturated rings. The van der Waals surface area contributed by atoms with Gasteiger partial charge >= 0.3 is 0 Å². The zero-order chi connectivity index (χ0) is 18.2. The van der Waals surface area contributed by atoms with Crippen molar-refractivity contribution >= 4 is 17.4 Å². The van der Waals surface area contributed by atoms with Crippen molar-refractivity contribution in [3.8, 4) is 0 Å². The van der Waals surface area contributed by atoms with Crippen molar-refractivity contribution in [1.82, 2.24) is 24.7 Å². The first-order valence-corrected chi connectivity index (χ1v) is 9.55. The first-order valence-electron chi connectivity index (χ1n) is 9.55. The summed E-state index contributed by atoms with van der Waals surface area (Å²) in [5, 5.41) is 12.5. The minimum atomic E-state index is 0.0300. The van der Waals surface area contributed by atoms with Crippen LogP contribution in [0, 0.1) is 5.92 Å². The molecule has 7 heteroatoms. The third kappa shape index (κ3) is 3.03. The van der Waals surface area contributed by atoms with E-state index in [1.54, 1.807) is 10.8 Å². The van der Waals surface area contributed by atoms with E-state index < -0.39 is 0 Å². The van der Waals surface area contributed by atoms with Crippen LogP contribution in [0.2, 0.25) is 0 Å². The van der Waals surface area contributed by atoms with Crippen LogP contribution in [0.1, 0.15) is 24.0 Å². The fraction of sp³-hybridized carbons (Fsp3) is 0.400. The van der Waals surface area contributed by atoms with E-state index in [0.717, 1.165) is 56.9 Å². The molecule has 27 heavy (non-hydrogen) atoms. The Labute approximate surface area is 157 Å². The summed E-state index contributed by atoms with van der Waals surface area (Å²) >= 11 is 0. The van der Waals surface area contributed by atoms with Crippen molar-refractivity contribution in [2.45, 2.75) is 25.8 Å². The predicted octanol–water partition coefficient (Wildman–Crippen LogP) is 1.93. The molecule has 0 saturated carbocycles. The van der Waals surface area contributed by atoms with Crippen LogP contribution >= 0.6 is 0 Å². The first kappa shape index (κ1) is 16.2. The summed E-state index contributed by atoms with van der Waals surface area (Å²) in [6.45, 7) is 3.19.